The van der Waals surface area contributed by atoms with Crippen molar-refractivity contribution >= 4 is 49.9 Å². The number of furan rings is 1. The predicted octanol–water partition coefficient (Wildman–Crippen LogP) is 4.53. The molecule has 0 radical (unpaired) electrons. The summed E-state index contributed by atoms with van der Waals surface area (Å²) in [6.45, 7) is 1.83. The third-order valence-corrected chi connectivity index (χ3v) is 5.80. The average molecular weight is 473 g/mol. The lowest BCUT2D eigenvalue weighted by Crippen LogP contribution is -2.22. The van der Waals surface area contributed by atoms with Crippen molar-refractivity contribution in [3.63, 3.8) is 0 Å². The van der Waals surface area contributed by atoms with Gasteiger partial charge in [-0.15, -0.1) is 11.3 Å². The highest BCUT2D eigenvalue weighted by atomic mass is 79.9. The molecule has 9 heteroatoms. The Balaban J connectivity index is 1.56. The van der Waals surface area contributed by atoms with Crippen molar-refractivity contribution in [1.29, 1.82) is 0 Å². The van der Waals surface area contributed by atoms with E-state index in [1.54, 1.807) is 35.8 Å². The van der Waals surface area contributed by atoms with Gasteiger partial charge >= 0.3 is 0 Å². The molecule has 0 saturated carbocycles. The highest BCUT2D eigenvalue weighted by Gasteiger charge is 2.28. The Hall–Kier alpha value is -2.78. The molecule has 0 saturated heterocycles. The number of nitrogens with zero attached hydrogens (tertiary/aromatic N) is 2. The molecule has 148 valence electrons. The molecule has 1 aromatic carbocycles. The standard InChI is InChI=1S/C20H17BrN4O3S/c1-11-16-14(24-25-18(26)12-5-7-13(21)8-6-12)3-2-4-15(16)28-17(11)19(27)23-20-22-9-10-29-20/h5-10H,2-4H2,1H3,(H,25,26)(H,22,23,27)/b24-14+. The molecule has 0 spiro atoms. The number of carbonyl (C=O) groups is 2. The van der Waals surface area contributed by atoms with Gasteiger partial charge in [-0.1, -0.05) is 15.9 Å². The molecule has 0 fully saturated rings. The Morgan fingerprint density at radius 1 is 1.21 bits per heavy atom. The summed E-state index contributed by atoms with van der Waals surface area (Å²) < 4.78 is 6.75. The molecule has 2 aromatic heterocycles. The van der Waals surface area contributed by atoms with E-state index in [0.717, 1.165) is 28.6 Å². The zero-order chi connectivity index (χ0) is 20.4. The van der Waals surface area contributed by atoms with Crippen molar-refractivity contribution in [1.82, 2.24) is 10.4 Å². The summed E-state index contributed by atoms with van der Waals surface area (Å²) in [4.78, 5) is 29.0. The normalized spacial score (nSPS) is 14.5. The van der Waals surface area contributed by atoms with Gasteiger partial charge < -0.3 is 4.42 Å². The van der Waals surface area contributed by atoms with E-state index in [1.165, 1.54) is 11.3 Å². The molecule has 0 unspecified atom stereocenters. The second-order valence-corrected chi connectivity index (χ2v) is 8.32. The van der Waals surface area contributed by atoms with Gasteiger partial charge in [-0.3, -0.25) is 14.9 Å². The first-order chi connectivity index (χ1) is 14.0. The summed E-state index contributed by atoms with van der Waals surface area (Å²) in [6.07, 6.45) is 3.88. The van der Waals surface area contributed by atoms with Crippen LogP contribution in [0.25, 0.3) is 0 Å². The summed E-state index contributed by atoms with van der Waals surface area (Å²) in [5, 5.41) is 9.38. The number of hydrogen-bond donors (Lipinski definition) is 2. The van der Waals surface area contributed by atoms with Crippen molar-refractivity contribution in [2.24, 2.45) is 5.10 Å². The van der Waals surface area contributed by atoms with Crippen LogP contribution in [0.5, 0.6) is 0 Å². The predicted molar refractivity (Wildman–Crippen MR) is 115 cm³/mol. The Bertz CT molecular complexity index is 1090. The highest BCUT2D eigenvalue weighted by Crippen LogP contribution is 2.30. The average Bonchev–Trinajstić information content (AvgIpc) is 3.35. The van der Waals surface area contributed by atoms with Crippen LogP contribution in [0.15, 0.2) is 49.8 Å². The second kappa shape index (κ2) is 8.30. The molecule has 0 bridgehead atoms. The number of halogens is 1. The summed E-state index contributed by atoms with van der Waals surface area (Å²) in [6, 6.07) is 7.04. The summed E-state index contributed by atoms with van der Waals surface area (Å²) in [7, 11) is 0. The third-order valence-electron chi connectivity index (χ3n) is 4.58. The van der Waals surface area contributed by atoms with Gasteiger partial charge in [0.2, 0.25) is 0 Å². The number of nitrogens with one attached hydrogen (secondary N) is 2. The SMILES string of the molecule is Cc1c(C(=O)Nc2nccs2)oc2c1/C(=N/NC(=O)c1ccc(Br)cc1)CCC2. The van der Waals surface area contributed by atoms with Crippen LogP contribution in [0.2, 0.25) is 0 Å². The number of amides is 2. The van der Waals surface area contributed by atoms with E-state index in [2.05, 4.69) is 36.8 Å². The molecule has 2 heterocycles. The fourth-order valence-electron chi connectivity index (χ4n) is 3.22. The van der Waals surface area contributed by atoms with E-state index in [0.29, 0.717) is 28.4 Å². The second-order valence-electron chi connectivity index (χ2n) is 6.51. The molecular weight excluding hydrogens is 456 g/mol. The van der Waals surface area contributed by atoms with Crippen molar-refractivity contribution < 1.29 is 14.0 Å². The molecule has 0 atom stereocenters. The van der Waals surface area contributed by atoms with Crippen LogP contribution in [0, 0.1) is 6.92 Å². The molecule has 4 rings (SSSR count). The number of aryl methyl sites for hydroxylation is 1. The zero-order valence-electron chi connectivity index (χ0n) is 15.5. The van der Waals surface area contributed by atoms with Crippen molar-refractivity contribution in [3.05, 3.63) is 68.5 Å². The number of benzene rings is 1. The molecule has 1 aliphatic carbocycles. The van der Waals surface area contributed by atoms with E-state index in [4.69, 9.17) is 4.42 Å². The minimum atomic E-state index is -0.343. The molecule has 2 amide bonds. The Morgan fingerprint density at radius 3 is 2.72 bits per heavy atom. The van der Waals surface area contributed by atoms with E-state index in [-0.39, 0.29) is 17.6 Å². The minimum absolute atomic E-state index is 0.249. The van der Waals surface area contributed by atoms with Crippen molar-refractivity contribution in [2.45, 2.75) is 26.2 Å². The van der Waals surface area contributed by atoms with Crippen molar-refractivity contribution in [2.75, 3.05) is 5.32 Å². The number of rotatable bonds is 4. The number of hydrazone groups is 1. The van der Waals surface area contributed by atoms with Gasteiger partial charge in [-0.2, -0.15) is 5.10 Å². The molecule has 3 aromatic rings. The number of anilines is 1. The smallest absolute Gasteiger partial charge is 0.293 e. The Morgan fingerprint density at radius 2 is 2.00 bits per heavy atom. The lowest BCUT2D eigenvalue weighted by Gasteiger charge is -2.13. The number of thiazole rings is 1. The molecule has 29 heavy (non-hydrogen) atoms. The number of hydrogen-bond acceptors (Lipinski definition) is 6. The van der Waals surface area contributed by atoms with E-state index < -0.39 is 0 Å². The fraction of sp³-hybridized carbons (Fsp3) is 0.200. The summed E-state index contributed by atoms with van der Waals surface area (Å²) >= 11 is 4.69. The third kappa shape index (κ3) is 4.15. The van der Waals surface area contributed by atoms with Crippen LogP contribution in [0.4, 0.5) is 5.13 Å². The first kappa shape index (κ1) is 19.5. The maximum atomic E-state index is 12.6. The maximum absolute atomic E-state index is 12.6. The summed E-state index contributed by atoms with van der Waals surface area (Å²) in [5.41, 5.74) is 5.36. The van der Waals surface area contributed by atoms with Gasteiger partial charge in [0, 0.05) is 39.2 Å². The van der Waals surface area contributed by atoms with Gasteiger partial charge in [0.1, 0.15) is 5.76 Å². The van der Waals surface area contributed by atoms with E-state index >= 15 is 0 Å². The van der Waals surface area contributed by atoms with Crippen LogP contribution in [-0.4, -0.2) is 22.5 Å². The molecule has 2 N–H and O–H groups in total. The van der Waals surface area contributed by atoms with Crippen LogP contribution >= 0.6 is 27.3 Å². The number of carbonyl (C=O) groups excluding carboxylic acids is 2. The molecular formula is C20H17BrN4O3S. The minimum Gasteiger partial charge on any atom is -0.455 e. The molecule has 0 aliphatic heterocycles. The monoisotopic (exact) mass is 472 g/mol. The van der Waals surface area contributed by atoms with Gasteiger partial charge in [0.05, 0.1) is 5.71 Å². The van der Waals surface area contributed by atoms with Crippen molar-refractivity contribution in [3.8, 4) is 0 Å². The van der Waals surface area contributed by atoms with E-state index in [9.17, 15) is 9.59 Å². The van der Waals surface area contributed by atoms with Gasteiger partial charge in [-0.05, 0) is 44.0 Å². The molecule has 7 nitrogen and oxygen atoms in total. The van der Waals surface area contributed by atoms with Gasteiger partial charge in [-0.25, -0.2) is 10.4 Å². The number of fused-ring (bicyclic) bond motifs is 1. The topological polar surface area (TPSA) is 96.6 Å². The lowest BCUT2D eigenvalue weighted by atomic mass is 9.93. The maximum Gasteiger partial charge on any atom is 0.293 e. The van der Waals surface area contributed by atoms with E-state index in [1.807, 2.05) is 6.92 Å². The quantitative estimate of drug-likeness (QED) is 0.545. The summed E-state index contributed by atoms with van der Waals surface area (Å²) in [5.74, 6) is 0.332. The highest BCUT2D eigenvalue weighted by molar-refractivity contribution is 9.10. The number of aromatic nitrogens is 1. The Kier molecular flexibility index (Phi) is 5.59. The molecule has 1 aliphatic rings. The lowest BCUT2D eigenvalue weighted by molar-refractivity contribution is 0.0953. The fourth-order valence-corrected chi connectivity index (χ4v) is 4.01. The zero-order valence-corrected chi connectivity index (χ0v) is 17.9. The largest absolute Gasteiger partial charge is 0.455 e. The van der Waals surface area contributed by atoms with Crippen LogP contribution < -0.4 is 10.7 Å². The van der Waals surface area contributed by atoms with Crippen LogP contribution in [-0.2, 0) is 6.42 Å². The first-order valence-electron chi connectivity index (χ1n) is 8.99. The Labute approximate surface area is 179 Å². The van der Waals surface area contributed by atoms with Gasteiger partial charge in [0.25, 0.3) is 11.8 Å². The van der Waals surface area contributed by atoms with Gasteiger partial charge in [0.15, 0.2) is 10.9 Å². The van der Waals surface area contributed by atoms with Crippen LogP contribution in [0.3, 0.4) is 0 Å². The first-order valence-corrected chi connectivity index (χ1v) is 10.7. The van der Waals surface area contributed by atoms with Crippen LogP contribution in [0.1, 0.15) is 50.6 Å².